The zero-order valence-corrected chi connectivity index (χ0v) is 13.4. The highest BCUT2D eigenvalue weighted by Gasteiger charge is 2.19. The number of nitrogens with zero attached hydrogens (tertiary/aromatic N) is 2. The summed E-state index contributed by atoms with van der Waals surface area (Å²) in [6, 6.07) is 8.89. The second kappa shape index (κ2) is 7.46. The standard InChI is InChI=1S/C17H27N3O/c1-4-15(3)18-17(21)13-19-8-10-20(11-9-19)16-7-5-6-14(2)12-16/h5-7,12,15H,4,8-11,13H2,1-3H3,(H,18,21). The molecule has 0 bridgehead atoms. The van der Waals surface area contributed by atoms with Gasteiger partial charge in [-0.15, -0.1) is 0 Å². The number of nitrogens with one attached hydrogen (secondary N) is 1. The maximum absolute atomic E-state index is 11.9. The van der Waals surface area contributed by atoms with Gasteiger partial charge in [-0.05, 0) is 38.0 Å². The van der Waals surface area contributed by atoms with Crippen molar-refractivity contribution in [3.05, 3.63) is 29.8 Å². The predicted octanol–water partition coefficient (Wildman–Crippen LogP) is 2.03. The van der Waals surface area contributed by atoms with Crippen LogP contribution >= 0.6 is 0 Å². The van der Waals surface area contributed by atoms with Crippen molar-refractivity contribution >= 4 is 11.6 Å². The summed E-state index contributed by atoms with van der Waals surface area (Å²) in [5.74, 6) is 0.147. The lowest BCUT2D eigenvalue weighted by atomic mass is 10.2. The molecule has 0 spiro atoms. The Morgan fingerprint density at radius 2 is 2.00 bits per heavy atom. The molecule has 4 heteroatoms. The van der Waals surface area contributed by atoms with E-state index in [4.69, 9.17) is 0 Å². The molecule has 2 rings (SSSR count). The van der Waals surface area contributed by atoms with E-state index in [0.717, 1.165) is 32.6 Å². The molecule has 1 unspecified atom stereocenters. The van der Waals surface area contributed by atoms with Crippen molar-refractivity contribution in [2.45, 2.75) is 33.2 Å². The number of rotatable bonds is 5. The van der Waals surface area contributed by atoms with Crippen LogP contribution in [0.4, 0.5) is 5.69 Å². The Hall–Kier alpha value is -1.55. The van der Waals surface area contributed by atoms with Crippen LogP contribution in [0.1, 0.15) is 25.8 Å². The highest BCUT2D eigenvalue weighted by molar-refractivity contribution is 5.78. The lowest BCUT2D eigenvalue weighted by molar-refractivity contribution is -0.122. The summed E-state index contributed by atoms with van der Waals surface area (Å²) >= 11 is 0. The van der Waals surface area contributed by atoms with Crippen LogP contribution in [0.5, 0.6) is 0 Å². The molecular weight excluding hydrogens is 262 g/mol. The quantitative estimate of drug-likeness (QED) is 0.901. The lowest BCUT2D eigenvalue weighted by Gasteiger charge is -2.36. The number of anilines is 1. The smallest absolute Gasteiger partial charge is 0.234 e. The van der Waals surface area contributed by atoms with Crippen LogP contribution in [0.15, 0.2) is 24.3 Å². The van der Waals surface area contributed by atoms with Crippen LogP contribution in [0.25, 0.3) is 0 Å². The first-order valence-corrected chi connectivity index (χ1v) is 7.92. The second-order valence-electron chi connectivity index (χ2n) is 5.98. The molecule has 21 heavy (non-hydrogen) atoms. The molecule has 1 aromatic carbocycles. The molecule has 1 aliphatic rings. The lowest BCUT2D eigenvalue weighted by Crippen LogP contribution is -2.50. The predicted molar refractivity (Wildman–Crippen MR) is 87.7 cm³/mol. The van der Waals surface area contributed by atoms with E-state index in [1.165, 1.54) is 11.3 Å². The minimum absolute atomic E-state index is 0.147. The highest BCUT2D eigenvalue weighted by atomic mass is 16.2. The molecule has 1 N–H and O–H groups in total. The van der Waals surface area contributed by atoms with Crippen LogP contribution in [0, 0.1) is 6.92 Å². The number of benzene rings is 1. The van der Waals surface area contributed by atoms with Gasteiger partial charge in [0.1, 0.15) is 0 Å². The Kier molecular flexibility index (Phi) is 5.62. The summed E-state index contributed by atoms with van der Waals surface area (Å²) in [4.78, 5) is 16.5. The number of carbonyl (C=O) groups excluding carboxylic acids is 1. The fourth-order valence-corrected chi connectivity index (χ4v) is 2.61. The van der Waals surface area contributed by atoms with Crippen molar-refractivity contribution in [1.82, 2.24) is 10.2 Å². The van der Waals surface area contributed by atoms with Crippen molar-refractivity contribution in [2.75, 3.05) is 37.6 Å². The third kappa shape index (κ3) is 4.74. The average molecular weight is 289 g/mol. The summed E-state index contributed by atoms with van der Waals surface area (Å²) in [5.41, 5.74) is 2.58. The normalized spacial score (nSPS) is 17.6. The molecule has 1 atom stereocenters. The van der Waals surface area contributed by atoms with Crippen molar-refractivity contribution in [1.29, 1.82) is 0 Å². The number of amides is 1. The molecule has 1 fully saturated rings. The van der Waals surface area contributed by atoms with Crippen molar-refractivity contribution in [3.8, 4) is 0 Å². The number of piperazine rings is 1. The van der Waals surface area contributed by atoms with E-state index in [9.17, 15) is 4.79 Å². The summed E-state index contributed by atoms with van der Waals surface area (Å²) < 4.78 is 0. The molecule has 0 saturated carbocycles. The largest absolute Gasteiger partial charge is 0.369 e. The van der Waals surface area contributed by atoms with E-state index < -0.39 is 0 Å². The van der Waals surface area contributed by atoms with Gasteiger partial charge >= 0.3 is 0 Å². The molecule has 0 aliphatic carbocycles. The van der Waals surface area contributed by atoms with E-state index in [1.54, 1.807) is 0 Å². The van der Waals surface area contributed by atoms with Gasteiger partial charge in [-0.2, -0.15) is 0 Å². The minimum atomic E-state index is 0.147. The Balaban J connectivity index is 1.79. The van der Waals surface area contributed by atoms with E-state index in [-0.39, 0.29) is 11.9 Å². The molecule has 4 nitrogen and oxygen atoms in total. The van der Waals surface area contributed by atoms with Crippen LogP contribution in [0.2, 0.25) is 0 Å². The van der Waals surface area contributed by atoms with Gasteiger partial charge in [0.25, 0.3) is 0 Å². The minimum Gasteiger partial charge on any atom is -0.369 e. The van der Waals surface area contributed by atoms with Gasteiger partial charge in [-0.3, -0.25) is 9.69 Å². The van der Waals surface area contributed by atoms with Crippen molar-refractivity contribution in [2.24, 2.45) is 0 Å². The van der Waals surface area contributed by atoms with Crippen LogP contribution in [0.3, 0.4) is 0 Å². The molecule has 0 aromatic heterocycles. The fraction of sp³-hybridized carbons (Fsp3) is 0.588. The fourth-order valence-electron chi connectivity index (χ4n) is 2.61. The van der Waals surface area contributed by atoms with Gasteiger partial charge in [0.15, 0.2) is 0 Å². The maximum atomic E-state index is 11.9. The molecule has 0 radical (unpaired) electrons. The van der Waals surface area contributed by atoms with Gasteiger partial charge in [-0.1, -0.05) is 19.1 Å². The third-order valence-corrected chi connectivity index (χ3v) is 4.13. The topological polar surface area (TPSA) is 35.6 Å². The first-order valence-electron chi connectivity index (χ1n) is 7.92. The molecule has 1 amide bonds. The Bertz CT molecular complexity index is 467. The number of aryl methyl sites for hydroxylation is 1. The number of carbonyl (C=O) groups is 1. The first kappa shape index (κ1) is 15.8. The van der Waals surface area contributed by atoms with Gasteiger partial charge in [0.2, 0.25) is 5.91 Å². The molecular formula is C17H27N3O. The molecule has 1 heterocycles. The van der Waals surface area contributed by atoms with E-state index in [0.29, 0.717) is 6.54 Å². The average Bonchev–Trinajstić information content (AvgIpc) is 2.47. The van der Waals surface area contributed by atoms with Gasteiger partial charge in [0.05, 0.1) is 6.54 Å². The van der Waals surface area contributed by atoms with Crippen molar-refractivity contribution < 1.29 is 4.79 Å². The zero-order chi connectivity index (χ0) is 15.2. The molecule has 1 saturated heterocycles. The van der Waals surface area contributed by atoms with Crippen LogP contribution in [-0.4, -0.2) is 49.6 Å². The SMILES string of the molecule is CCC(C)NC(=O)CN1CCN(c2cccc(C)c2)CC1. The summed E-state index contributed by atoms with van der Waals surface area (Å²) in [5, 5.41) is 3.03. The maximum Gasteiger partial charge on any atom is 0.234 e. The number of hydrogen-bond acceptors (Lipinski definition) is 3. The monoisotopic (exact) mass is 289 g/mol. The summed E-state index contributed by atoms with van der Waals surface area (Å²) in [6.07, 6.45) is 0.979. The molecule has 1 aromatic rings. The van der Waals surface area contributed by atoms with Gasteiger partial charge in [0, 0.05) is 37.9 Å². The summed E-state index contributed by atoms with van der Waals surface area (Å²) in [7, 11) is 0. The number of hydrogen-bond donors (Lipinski definition) is 1. The molecule has 1 aliphatic heterocycles. The Morgan fingerprint density at radius 3 is 2.62 bits per heavy atom. The van der Waals surface area contributed by atoms with E-state index >= 15 is 0 Å². The Labute approximate surface area is 128 Å². The summed E-state index contributed by atoms with van der Waals surface area (Å²) in [6.45, 7) is 10.6. The Morgan fingerprint density at radius 1 is 1.29 bits per heavy atom. The zero-order valence-electron chi connectivity index (χ0n) is 13.4. The van der Waals surface area contributed by atoms with E-state index in [2.05, 4.69) is 53.2 Å². The molecule has 116 valence electrons. The van der Waals surface area contributed by atoms with E-state index in [1.807, 2.05) is 6.92 Å². The first-order chi connectivity index (χ1) is 10.1. The van der Waals surface area contributed by atoms with Crippen LogP contribution < -0.4 is 10.2 Å². The van der Waals surface area contributed by atoms with Gasteiger partial charge < -0.3 is 10.2 Å². The van der Waals surface area contributed by atoms with Gasteiger partial charge in [-0.25, -0.2) is 0 Å². The highest BCUT2D eigenvalue weighted by Crippen LogP contribution is 2.17. The second-order valence-corrected chi connectivity index (χ2v) is 5.98. The van der Waals surface area contributed by atoms with Crippen LogP contribution in [-0.2, 0) is 4.79 Å². The van der Waals surface area contributed by atoms with Crippen molar-refractivity contribution in [3.63, 3.8) is 0 Å². The third-order valence-electron chi connectivity index (χ3n) is 4.13.